The van der Waals surface area contributed by atoms with E-state index in [0.29, 0.717) is 16.4 Å². The lowest BCUT2D eigenvalue weighted by atomic mass is 10.2. The number of benzene rings is 2. The van der Waals surface area contributed by atoms with E-state index >= 15 is 0 Å². The second kappa shape index (κ2) is 7.11. The Bertz CT molecular complexity index is 1330. The van der Waals surface area contributed by atoms with Crippen molar-refractivity contribution >= 4 is 44.7 Å². The zero-order valence-electron chi connectivity index (χ0n) is 14.2. The van der Waals surface area contributed by atoms with Gasteiger partial charge in [-0.2, -0.15) is 0 Å². The predicted octanol–water partition coefficient (Wildman–Crippen LogP) is 2.24. The van der Waals surface area contributed by atoms with Gasteiger partial charge in [-0.25, -0.2) is 9.59 Å². The van der Waals surface area contributed by atoms with E-state index in [1.165, 1.54) is 6.07 Å². The third-order valence-corrected chi connectivity index (χ3v) is 3.90. The summed E-state index contributed by atoms with van der Waals surface area (Å²) >= 11 is 0. The van der Waals surface area contributed by atoms with Crippen molar-refractivity contribution in [2.24, 2.45) is 0 Å². The van der Waals surface area contributed by atoms with Gasteiger partial charge < -0.3 is 26.0 Å². The van der Waals surface area contributed by atoms with E-state index in [1.807, 2.05) is 0 Å². The maximum atomic E-state index is 11.2. The number of rotatable bonds is 1. The monoisotopic (exact) mass is 382 g/mol. The molecule has 2 aromatic heterocycles. The number of fused-ring (bicyclic) bond motifs is 2. The van der Waals surface area contributed by atoms with Gasteiger partial charge in [-0.05, 0) is 24.3 Å². The summed E-state index contributed by atoms with van der Waals surface area (Å²) in [4.78, 5) is 32.0. The van der Waals surface area contributed by atoms with Gasteiger partial charge in [-0.1, -0.05) is 24.3 Å². The summed E-state index contributed by atoms with van der Waals surface area (Å²) in [5.74, 6) is 0. The largest absolute Gasteiger partial charge is 0.421 e. The van der Waals surface area contributed by atoms with Gasteiger partial charge in [-0.15, -0.1) is 0 Å². The summed E-state index contributed by atoms with van der Waals surface area (Å²) < 4.78 is 9.67. The second-order valence-corrected chi connectivity index (χ2v) is 5.62. The zero-order valence-corrected chi connectivity index (χ0v) is 14.2. The molecular formula is C18H14N4O6. The molecule has 28 heavy (non-hydrogen) atoms. The molecule has 4 aromatic rings. The Labute approximate surface area is 155 Å². The first kappa shape index (κ1) is 18.5. The highest BCUT2D eigenvalue weighted by Gasteiger charge is 2.21. The van der Waals surface area contributed by atoms with Crippen molar-refractivity contribution in [1.29, 1.82) is 0 Å². The van der Waals surface area contributed by atoms with Crippen molar-refractivity contribution in [2.75, 3.05) is 17.2 Å². The van der Waals surface area contributed by atoms with E-state index in [9.17, 15) is 19.7 Å². The molecule has 2 aromatic carbocycles. The van der Waals surface area contributed by atoms with Crippen molar-refractivity contribution in [3.05, 3.63) is 79.5 Å². The maximum absolute atomic E-state index is 11.2. The lowest BCUT2D eigenvalue weighted by Gasteiger charge is -2.01. The fourth-order valence-corrected chi connectivity index (χ4v) is 2.52. The number of nitrogens with zero attached hydrogens (tertiary/aromatic N) is 1. The highest BCUT2D eigenvalue weighted by molar-refractivity contribution is 5.94. The molecular weight excluding hydrogens is 368 g/mol. The van der Waals surface area contributed by atoms with Crippen molar-refractivity contribution in [3.63, 3.8) is 0 Å². The molecule has 0 atom stereocenters. The molecule has 10 nitrogen and oxygen atoms in total. The molecule has 0 bridgehead atoms. The van der Waals surface area contributed by atoms with Gasteiger partial charge in [0.2, 0.25) is 0 Å². The minimum absolute atomic E-state index is 0.0290. The van der Waals surface area contributed by atoms with Gasteiger partial charge in [0.1, 0.15) is 22.5 Å². The van der Waals surface area contributed by atoms with Crippen LogP contribution in [0.4, 0.5) is 22.7 Å². The SMILES string of the molecule is Nc1c(N)c2ccccc2oc1=O.Nc1c([N+](=O)[O-])c(=O)oc2ccccc12. The third kappa shape index (κ3) is 3.21. The summed E-state index contributed by atoms with van der Waals surface area (Å²) in [5.41, 5.74) is 15.0. The first-order valence-corrected chi connectivity index (χ1v) is 7.83. The van der Waals surface area contributed by atoms with Crippen LogP contribution in [0.3, 0.4) is 0 Å². The van der Waals surface area contributed by atoms with Crippen LogP contribution in [0.15, 0.2) is 67.0 Å². The third-order valence-electron chi connectivity index (χ3n) is 3.90. The van der Waals surface area contributed by atoms with E-state index in [0.717, 1.165) is 0 Å². The Morgan fingerprint density at radius 1 is 0.714 bits per heavy atom. The molecule has 0 saturated carbocycles. The van der Waals surface area contributed by atoms with E-state index in [2.05, 4.69) is 0 Å². The number of nitrogens with two attached hydrogens (primary N) is 3. The lowest BCUT2D eigenvalue weighted by Crippen LogP contribution is -2.10. The molecule has 0 aliphatic rings. The number of hydrogen-bond donors (Lipinski definition) is 3. The van der Waals surface area contributed by atoms with Crippen molar-refractivity contribution < 1.29 is 13.8 Å². The molecule has 2 heterocycles. The van der Waals surface area contributed by atoms with E-state index in [-0.39, 0.29) is 22.6 Å². The van der Waals surface area contributed by atoms with Crippen molar-refractivity contribution in [2.45, 2.75) is 0 Å². The molecule has 4 rings (SSSR count). The molecule has 0 fully saturated rings. The second-order valence-electron chi connectivity index (χ2n) is 5.62. The van der Waals surface area contributed by atoms with Gasteiger partial charge in [-0.3, -0.25) is 10.1 Å². The highest BCUT2D eigenvalue weighted by atomic mass is 16.6. The summed E-state index contributed by atoms with van der Waals surface area (Å²) in [6.07, 6.45) is 0. The quantitative estimate of drug-likeness (QED) is 0.252. The van der Waals surface area contributed by atoms with Gasteiger partial charge >= 0.3 is 16.9 Å². The molecule has 0 spiro atoms. The summed E-state index contributed by atoms with van der Waals surface area (Å²) in [5, 5.41) is 11.6. The Morgan fingerprint density at radius 2 is 1.18 bits per heavy atom. The zero-order chi connectivity index (χ0) is 20.4. The molecule has 0 unspecified atom stereocenters. The Morgan fingerprint density at radius 3 is 1.71 bits per heavy atom. The molecule has 6 N–H and O–H groups in total. The van der Waals surface area contributed by atoms with Crippen LogP contribution in [0, 0.1) is 10.1 Å². The molecule has 0 amide bonds. The fraction of sp³-hybridized carbons (Fsp3) is 0. The van der Waals surface area contributed by atoms with Crippen LogP contribution < -0.4 is 28.5 Å². The average molecular weight is 382 g/mol. The van der Waals surface area contributed by atoms with Gasteiger partial charge in [0.15, 0.2) is 0 Å². The molecule has 142 valence electrons. The summed E-state index contributed by atoms with van der Waals surface area (Å²) in [6.45, 7) is 0. The Hall–Kier alpha value is -4.34. The number of nitrogen functional groups attached to an aromatic ring is 3. The summed E-state index contributed by atoms with van der Waals surface area (Å²) in [6, 6.07) is 13.4. The molecule has 0 aliphatic carbocycles. The van der Waals surface area contributed by atoms with Crippen LogP contribution in [-0.2, 0) is 0 Å². The number of hydrogen-bond acceptors (Lipinski definition) is 9. The minimum atomic E-state index is -1.03. The number of anilines is 3. The summed E-state index contributed by atoms with van der Waals surface area (Å²) in [7, 11) is 0. The average Bonchev–Trinajstić information content (AvgIpc) is 2.66. The highest BCUT2D eigenvalue weighted by Crippen LogP contribution is 2.26. The van der Waals surface area contributed by atoms with Crippen LogP contribution >= 0.6 is 0 Å². The lowest BCUT2D eigenvalue weighted by molar-refractivity contribution is -0.386. The molecule has 0 radical (unpaired) electrons. The fourth-order valence-electron chi connectivity index (χ4n) is 2.52. The molecule has 0 saturated heterocycles. The molecule has 0 aliphatic heterocycles. The van der Waals surface area contributed by atoms with Crippen molar-refractivity contribution in [3.8, 4) is 0 Å². The van der Waals surface area contributed by atoms with Crippen LogP contribution in [0.5, 0.6) is 0 Å². The van der Waals surface area contributed by atoms with Crippen LogP contribution in [0.1, 0.15) is 0 Å². The first-order chi connectivity index (χ1) is 13.3. The minimum Gasteiger partial charge on any atom is -0.421 e. The van der Waals surface area contributed by atoms with Gasteiger partial charge in [0.05, 0.1) is 10.6 Å². The van der Waals surface area contributed by atoms with E-state index in [4.69, 9.17) is 26.0 Å². The van der Waals surface area contributed by atoms with Crippen LogP contribution in [-0.4, -0.2) is 4.92 Å². The van der Waals surface area contributed by atoms with Crippen molar-refractivity contribution in [1.82, 2.24) is 0 Å². The van der Waals surface area contributed by atoms with Crippen LogP contribution in [0.25, 0.3) is 21.9 Å². The van der Waals surface area contributed by atoms with Crippen LogP contribution in [0.2, 0.25) is 0 Å². The number of para-hydroxylation sites is 2. The normalized spacial score (nSPS) is 10.4. The van der Waals surface area contributed by atoms with Gasteiger partial charge in [0, 0.05) is 10.8 Å². The maximum Gasteiger partial charge on any atom is 0.417 e. The Balaban J connectivity index is 0.000000162. The van der Waals surface area contributed by atoms with E-state index < -0.39 is 21.9 Å². The number of nitro groups is 1. The smallest absolute Gasteiger partial charge is 0.417 e. The topological polar surface area (TPSA) is 182 Å². The molecule has 10 heteroatoms. The Kier molecular flexibility index (Phi) is 4.69. The van der Waals surface area contributed by atoms with Gasteiger partial charge in [0.25, 0.3) is 0 Å². The van der Waals surface area contributed by atoms with E-state index in [1.54, 1.807) is 42.5 Å². The predicted molar refractivity (Wildman–Crippen MR) is 105 cm³/mol. The first-order valence-electron chi connectivity index (χ1n) is 7.83. The standard InChI is InChI=1S/C9H6N2O4.C9H8N2O2/c10-7-5-3-1-2-4-6(5)15-9(12)8(7)11(13)14;10-7-5-3-1-2-4-6(5)13-9(12)8(7)11/h1-4H,10H2;1-4H,10-11H2.